The number of para-hydroxylation sites is 1. The predicted molar refractivity (Wildman–Crippen MR) is 88.4 cm³/mol. The molecule has 1 aromatic heterocycles. The van der Waals surface area contributed by atoms with Crippen molar-refractivity contribution in [3.8, 4) is 0 Å². The van der Waals surface area contributed by atoms with E-state index in [4.69, 9.17) is 11.6 Å². The highest BCUT2D eigenvalue weighted by molar-refractivity contribution is 6.30. The van der Waals surface area contributed by atoms with Gasteiger partial charge in [0.2, 0.25) is 0 Å². The first-order valence-corrected chi connectivity index (χ1v) is 7.43. The number of benzene rings is 2. The van der Waals surface area contributed by atoms with Gasteiger partial charge >= 0.3 is 0 Å². The van der Waals surface area contributed by atoms with Gasteiger partial charge in [-0.15, -0.1) is 0 Å². The molecule has 0 aliphatic heterocycles. The molecule has 1 N–H and O–H groups in total. The van der Waals surface area contributed by atoms with Gasteiger partial charge in [-0.2, -0.15) is 0 Å². The van der Waals surface area contributed by atoms with Gasteiger partial charge in [0, 0.05) is 29.2 Å². The molecule has 0 radical (unpaired) electrons. The fourth-order valence-corrected chi connectivity index (χ4v) is 2.57. The summed E-state index contributed by atoms with van der Waals surface area (Å²) in [6.45, 7) is 2.97. The Balaban J connectivity index is 1.76. The number of aromatic nitrogens is 1. The zero-order chi connectivity index (χ0) is 14.7. The third kappa shape index (κ3) is 3.23. The van der Waals surface area contributed by atoms with Crippen LogP contribution < -0.4 is 5.32 Å². The van der Waals surface area contributed by atoms with E-state index in [0.29, 0.717) is 0 Å². The number of fused-ring (bicyclic) bond motifs is 1. The molecular formula is C18H17ClN2. The van der Waals surface area contributed by atoms with Gasteiger partial charge in [0.05, 0.1) is 5.52 Å². The molecule has 0 saturated carbocycles. The smallest absolute Gasteiger partial charge is 0.0705 e. The first kappa shape index (κ1) is 14.1. The standard InChI is InChI=1S/C18H17ClN2/c1-13(14-6-8-16(19)9-7-14)21-12-15-10-11-20-18-5-3-2-4-17(15)18/h2-11,13,21H,12H2,1H3. The van der Waals surface area contributed by atoms with Gasteiger partial charge < -0.3 is 5.32 Å². The molecule has 0 spiro atoms. The Hall–Kier alpha value is -1.90. The summed E-state index contributed by atoms with van der Waals surface area (Å²) < 4.78 is 0. The summed E-state index contributed by atoms with van der Waals surface area (Å²) in [4.78, 5) is 4.39. The molecule has 1 heterocycles. The van der Waals surface area contributed by atoms with Gasteiger partial charge in [0.15, 0.2) is 0 Å². The Morgan fingerprint density at radius 2 is 1.81 bits per heavy atom. The number of nitrogens with one attached hydrogen (secondary N) is 1. The zero-order valence-electron chi connectivity index (χ0n) is 11.9. The lowest BCUT2D eigenvalue weighted by atomic mass is 10.1. The van der Waals surface area contributed by atoms with E-state index >= 15 is 0 Å². The molecule has 3 aromatic rings. The fourth-order valence-electron chi connectivity index (χ4n) is 2.44. The van der Waals surface area contributed by atoms with E-state index in [1.165, 1.54) is 16.5 Å². The average Bonchev–Trinajstić information content (AvgIpc) is 2.53. The minimum Gasteiger partial charge on any atom is -0.306 e. The van der Waals surface area contributed by atoms with Crippen molar-refractivity contribution < 1.29 is 0 Å². The van der Waals surface area contributed by atoms with Gasteiger partial charge in [0.1, 0.15) is 0 Å². The molecule has 1 unspecified atom stereocenters. The number of pyridine rings is 1. The van der Waals surface area contributed by atoms with Crippen LogP contribution in [0.1, 0.15) is 24.1 Å². The van der Waals surface area contributed by atoms with Crippen molar-refractivity contribution in [2.45, 2.75) is 19.5 Å². The van der Waals surface area contributed by atoms with E-state index in [1.807, 2.05) is 30.5 Å². The lowest BCUT2D eigenvalue weighted by Gasteiger charge is -2.15. The quantitative estimate of drug-likeness (QED) is 0.752. The van der Waals surface area contributed by atoms with Crippen LogP contribution in [-0.4, -0.2) is 4.98 Å². The summed E-state index contributed by atoms with van der Waals surface area (Å²) in [6, 6.07) is 18.5. The maximum atomic E-state index is 5.93. The second kappa shape index (κ2) is 6.25. The molecule has 0 aliphatic carbocycles. The van der Waals surface area contributed by atoms with E-state index in [9.17, 15) is 0 Å². The second-order valence-corrected chi connectivity index (χ2v) is 5.58. The van der Waals surface area contributed by atoms with E-state index < -0.39 is 0 Å². The van der Waals surface area contributed by atoms with Crippen LogP contribution in [0.25, 0.3) is 10.9 Å². The minimum absolute atomic E-state index is 0.272. The van der Waals surface area contributed by atoms with Crippen LogP contribution in [0.15, 0.2) is 60.8 Å². The molecular weight excluding hydrogens is 280 g/mol. The summed E-state index contributed by atoms with van der Waals surface area (Å²) in [6.07, 6.45) is 1.87. The van der Waals surface area contributed by atoms with Crippen molar-refractivity contribution in [2.75, 3.05) is 0 Å². The van der Waals surface area contributed by atoms with Crippen LogP contribution in [0.2, 0.25) is 5.02 Å². The van der Waals surface area contributed by atoms with Crippen LogP contribution >= 0.6 is 11.6 Å². The molecule has 0 aliphatic rings. The molecule has 21 heavy (non-hydrogen) atoms. The maximum Gasteiger partial charge on any atom is 0.0705 e. The molecule has 0 bridgehead atoms. The molecule has 0 saturated heterocycles. The number of hydrogen-bond donors (Lipinski definition) is 1. The predicted octanol–water partition coefficient (Wildman–Crippen LogP) is 4.74. The Labute approximate surface area is 129 Å². The van der Waals surface area contributed by atoms with E-state index in [-0.39, 0.29) is 6.04 Å². The second-order valence-electron chi connectivity index (χ2n) is 5.14. The van der Waals surface area contributed by atoms with E-state index in [2.05, 4.69) is 47.6 Å². The molecule has 106 valence electrons. The fraction of sp³-hybridized carbons (Fsp3) is 0.167. The van der Waals surface area contributed by atoms with Crippen LogP contribution in [-0.2, 0) is 6.54 Å². The van der Waals surface area contributed by atoms with Gasteiger partial charge in [-0.3, -0.25) is 4.98 Å². The van der Waals surface area contributed by atoms with Crippen LogP contribution in [0.3, 0.4) is 0 Å². The number of nitrogens with zero attached hydrogens (tertiary/aromatic N) is 1. The normalized spacial score (nSPS) is 12.5. The summed E-state index contributed by atoms with van der Waals surface area (Å²) in [5.74, 6) is 0. The molecule has 3 heteroatoms. The van der Waals surface area contributed by atoms with E-state index in [1.54, 1.807) is 0 Å². The van der Waals surface area contributed by atoms with Crippen molar-refractivity contribution in [1.82, 2.24) is 10.3 Å². The summed E-state index contributed by atoms with van der Waals surface area (Å²) in [5, 5.41) is 5.53. The summed E-state index contributed by atoms with van der Waals surface area (Å²) in [7, 11) is 0. The summed E-state index contributed by atoms with van der Waals surface area (Å²) >= 11 is 5.93. The Bertz CT molecular complexity index is 732. The maximum absolute atomic E-state index is 5.93. The number of rotatable bonds is 4. The van der Waals surface area contributed by atoms with Crippen molar-refractivity contribution in [3.63, 3.8) is 0 Å². The Morgan fingerprint density at radius 1 is 1.05 bits per heavy atom. The number of hydrogen-bond acceptors (Lipinski definition) is 2. The van der Waals surface area contributed by atoms with Gasteiger partial charge in [-0.1, -0.05) is 41.9 Å². The topological polar surface area (TPSA) is 24.9 Å². The largest absolute Gasteiger partial charge is 0.306 e. The van der Waals surface area contributed by atoms with Crippen LogP contribution in [0.4, 0.5) is 0 Å². The monoisotopic (exact) mass is 296 g/mol. The molecule has 1 atom stereocenters. The molecule has 3 rings (SSSR count). The minimum atomic E-state index is 0.272. The van der Waals surface area contributed by atoms with Crippen LogP contribution in [0.5, 0.6) is 0 Å². The van der Waals surface area contributed by atoms with Crippen LogP contribution in [0, 0.1) is 0 Å². The average molecular weight is 297 g/mol. The van der Waals surface area contributed by atoms with E-state index in [0.717, 1.165) is 17.1 Å². The van der Waals surface area contributed by atoms with Crippen molar-refractivity contribution >= 4 is 22.5 Å². The molecule has 0 fully saturated rings. The third-order valence-corrected chi connectivity index (χ3v) is 3.96. The highest BCUT2D eigenvalue weighted by atomic mass is 35.5. The van der Waals surface area contributed by atoms with Crippen molar-refractivity contribution in [3.05, 3.63) is 76.9 Å². The van der Waals surface area contributed by atoms with Crippen molar-refractivity contribution in [2.24, 2.45) is 0 Å². The van der Waals surface area contributed by atoms with Crippen molar-refractivity contribution in [1.29, 1.82) is 0 Å². The molecule has 0 amide bonds. The first-order chi connectivity index (χ1) is 10.2. The zero-order valence-corrected chi connectivity index (χ0v) is 12.6. The number of halogens is 1. The highest BCUT2D eigenvalue weighted by Gasteiger charge is 2.06. The van der Waals surface area contributed by atoms with Gasteiger partial charge in [-0.25, -0.2) is 0 Å². The Morgan fingerprint density at radius 3 is 2.62 bits per heavy atom. The third-order valence-electron chi connectivity index (χ3n) is 3.71. The molecule has 2 nitrogen and oxygen atoms in total. The SMILES string of the molecule is CC(NCc1ccnc2ccccc12)c1ccc(Cl)cc1. The molecule has 2 aromatic carbocycles. The lowest BCUT2D eigenvalue weighted by molar-refractivity contribution is 0.576. The summed E-state index contributed by atoms with van der Waals surface area (Å²) in [5.41, 5.74) is 3.54. The first-order valence-electron chi connectivity index (χ1n) is 7.05. The lowest BCUT2D eigenvalue weighted by Crippen LogP contribution is -2.18. The highest BCUT2D eigenvalue weighted by Crippen LogP contribution is 2.19. The Kier molecular flexibility index (Phi) is 4.18. The van der Waals surface area contributed by atoms with Gasteiger partial charge in [0.25, 0.3) is 0 Å². The van der Waals surface area contributed by atoms with Gasteiger partial charge in [-0.05, 0) is 42.3 Å².